The second-order valence-electron chi connectivity index (χ2n) is 6.42. The van der Waals surface area contributed by atoms with Gasteiger partial charge in [0, 0.05) is 31.5 Å². The van der Waals surface area contributed by atoms with Crippen LogP contribution in [-0.2, 0) is 15.0 Å². The maximum absolute atomic E-state index is 12.6. The number of hydrogen-bond donors (Lipinski definition) is 0. The molecule has 5 heteroatoms. The number of fused-ring (bicyclic) bond motifs is 1. The van der Waals surface area contributed by atoms with Crippen molar-refractivity contribution in [3.05, 3.63) is 41.7 Å². The Morgan fingerprint density at radius 1 is 1.00 bits per heavy atom. The summed E-state index contributed by atoms with van der Waals surface area (Å²) in [5, 5.41) is 1.54. The Bertz CT molecular complexity index is 775. The summed E-state index contributed by atoms with van der Waals surface area (Å²) in [7, 11) is 0. The summed E-state index contributed by atoms with van der Waals surface area (Å²) in [4.78, 5) is 25.3. The van der Waals surface area contributed by atoms with Crippen molar-refractivity contribution in [1.29, 1.82) is 0 Å². The van der Waals surface area contributed by atoms with Crippen LogP contribution in [0.3, 0.4) is 0 Å². The summed E-state index contributed by atoms with van der Waals surface area (Å²) in [6.07, 6.45) is 1.88. The van der Waals surface area contributed by atoms with E-state index in [-0.39, 0.29) is 24.5 Å². The Balaban J connectivity index is 2.91. The molecule has 1 aromatic carbocycles. The SMILES string of the molecule is CCOC(=O)c1c(C(=O)OCC)[n+](C(C)(C)C)cc2ccccc12. The van der Waals surface area contributed by atoms with Crippen molar-refractivity contribution < 1.29 is 23.6 Å². The van der Waals surface area contributed by atoms with Gasteiger partial charge in [0.2, 0.25) is 0 Å². The number of carbonyl (C=O) groups is 2. The van der Waals surface area contributed by atoms with Crippen LogP contribution in [0, 0.1) is 0 Å². The zero-order valence-corrected chi connectivity index (χ0v) is 14.9. The lowest BCUT2D eigenvalue weighted by Crippen LogP contribution is -2.55. The molecule has 1 aromatic heterocycles. The molecular formula is C19H24NO4+. The van der Waals surface area contributed by atoms with E-state index in [1.165, 1.54) is 0 Å². The van der Waals surface area contributed by atoms with Crippen molar-refractivity contribution in [3.8, 4) is 0 Å². The van der Waals surface area contributed by atoms with Gasteiger partial charge >= 0.3 is 17.6 Å². The first-order valence-corrected chi connectivity index (χ1v) is 8.13. The second kappa shape index (κ2) is 6.99. The van der Waals surface area contributed by atoms with E-state index in [9.17, 15) is 9.59 Å². The van der Waals surface area contributed by atoms with Gasteiger partial charge in [0.25, 0.3) is 0 Å². The molecule has 5 nitrogen and oxygen atoms in total. The molecular weight excluding hydrogens is 306 g/mol. The highest BCUT2D eigenvalue weighted by molar-refractivity contribution is 6.10. The van der Waals surface area contributed by atoms with E-state index in [4.69, 9.17) is 9.47 Å². The Labute approximate surface area is 142 Å². The fourth-order valence-electron chi connectivity index (χ4n) is 2.63. The van der Waals surface area contributed by atoms with Crippen LogP contribution in [0.15, 0.2) is 30.5 Å². The number of benzene rings is 1. The summed E-state index contributed by atoms with van der Waals surface area (Å²) in [6.45, 7) is 9.87. The molecule has 1 heterocycles. The first-order chi connectivity index (χ1) is 11.3. The first-order valence-electron chi connectivity index (χ1n) is 8.13. The fraction of sp³-hybridized carbons (Fsp3) is 0.421. The average molecular weight is 330 g/mol. The second-order valence-corrected chi connectivity index (χ2v) is 6.42. The predicted octanol–water partition coefficient (Wildman–Crippen LogP) is 3.24. The lowest BCUT2D eigenvalue weighted by atomic mass is 9.99. The lowest BCUT2D eigenvalue weighted by molar-refractivity contribution is -0.754. The number of aromatic nitrogens is 1. The number of nitrogens with zero attached hydrogens (tertiary/aromatic N) is 1. The summed E-state index contributed by atoms with van der Waals surface area (Å²) in [5.41, 5.74) is 0.0673. The van der Waals surface area contributed by atoms with Crippen LogP contribution in [0.25, 0.3) is 10.8 Å². The third-order valence-electron chi connectivity index (χ3n) is 3.65. The standard InChI is InChI=1S/C19H24NO4/c1-6-23-17(21)15-14-11-9-8-10-13(14)12-20(19(3,4)5)16(15)18(22)24-7-2/h8-12H,6-7H2,1-5H3/q+1. The Morgan fingerprint density at radius 3 is 2.17 bits per heavy atom. The number of ether oxygens (including phenoxy) is 2. The van der Waals surface area contributed by atoms with Crippen molar-refractivity contribution in [2.75, 3.05) is 13.2 Å². The highest BCUT2D eigenvalue weighted by atomic mass is 16.5. The third-order valence-corrected chi connectivity index (χ3v) is 3.65. The minimum Gasteiger partial charge on any atom is -0.462 e. The predicted molar refractivity (Wildman–Crippen MR) is 91.1 cm³/mol. The van der Waals surface area contributed by atoms with E-state index in [1.54, 1.807) is 18.4 Å². The number of pyridine rings is 1. The third kappa shape index (κ3) is 3.40. The molecule has 2 rings (SSSR count). The first kappa shape index (κ1) is 17.9. The van der Waals surface area contributed by atoms with Crippen molar-refractivity contribution in [2.24, 2.45) is 0 Å². The number of carbonyl (C=O) groups excluding carboxylic acids is 2. The van der Waals surface area contributed by atoms with E-state index >= 15 is 0 Å². The number of hydrogen-bond acceptors (Lipinski definition) is 4. The van der Waals surface area contributed by atoms with Gasteiger partial charge in [-0.15, -0.1) is 0 Å². The molecule has 0 atom stereocenters. The maximum atomic E-state index is 12.6. The molecule has 0 fully saturated rings. The van der Waals surface area contributed by atoms with Crippen molar-refractivity contribution >= 4 is 22.7 Å². The van der Waals surface area contributed by atoms with Crippen molar-refractivity contribution in [3.63, 3.8) is 0 Å². The van der Waals surface area contributed by atoms with Crippen LogP contribution >= 0.6 is 0 Å². The fourth-order valence-corrected chi connectivity index (χ4v) is 2.63. The van der Waals surface area contributed by atoms with Gasteiger partial charge in [-0.3, -0.25) is 0 Å². The van der Waals surface area contributed by atoms with Gasteiger partial charge in [-0.05, 0) is 19.9 Å². The minimum atomic E-state index is -0.527. The molecule has 0 radical (unpaired) electrons. The van der Waals surface area contributed by atoms with Crippen LogP contribution in [0.5, 0.6) is 0 Å². The molecule has 128 valence electrons. The summed E-state index contributed by atoms with van der Waals surface area (Å²) >= 11 is 0. The molecule has 2 aromatic rings. The number of rotatable bonds is 4. The topological polar surface area (TPSA) is 56.5 Å². The van der Waals surface area contributed by atoms with Crippen LogP contribution in [0.4, 0.5) is 0 Å². The van der Waals surface area contributed by atoms with Gasteiger partial charge in [-0.2, -0.15) is 4.57 Å². The smallest absolute Gasteiger partial charge is 0.404 e. The number of esters is 2. The molecule has 0 spiro atoms. The molecule has 0 amide bonds. The minimum absolute atomic E-state index is 0.224. The summed E-state index contributed by atoms with van der Waals surface area (Å²) in [5.74, 6) is -1.04. The van der Waals surface area contributed by atoms with Crippen LogP contribution < -0.4 is 4.57 Å². The molecule has 0 saturated carbocycles. The highest BCUT2D eigenvalue weighted by Gasteiger charge is 2.38. The van der Waals surface area contributed by atoms with Crippen LogP contribution in [0.2, 0.25) is 0 Å². The van der Waals surface area contributed by atoms with Gasteiger partial charge in [0.15, 0.2) is 11.7 Å². The quantitative estimate of drug-likeness (QED) is 0.638. The lowest BCUT2D eigenvalue weighted by Gasteiger charge is -2.19. The zero-order valence-electron chi connectivity index (χ0n) is 14.9. The van der Waals surface area contributed by atoms with E-state index in [0.29, 0.717) is 5.39 Å². The van der Waals surface area contributed by atoms with E-state index in [1.807, 2.05) is 51.2 Å². The molecule has 0 aliphatic rings. The summed E-state index contributed by atoms with van der Waals surface area (Å²) in [6, 6.07) is 7.46. The van der Waals surface area contributed by atoms with Gasteiger partial charge < -0.3 is 9.47 Å². The Hall–Kier alpha value is -2.43. The largest absolute Gasteiger partial charge is 0.462 e. The maximum Gasteiger partial charge on any atom is 0.404 e. The molecule has 24 heavy (non-hydrogen) atoms. The van der Waals surface area contributed by atoms with Crippen molar-refractivity contribution in [1.82, 2.24) is 0 Å². The van der Waals surface area contributed by atoms with Crippen molar-refractivity contribution in [2.45, 2.75) is 40.2 Å². The molecule has 0 N–H and O–H groups in total. The molecule has 0 aliphatic carbocycles. The van der Waals surface area contributed by atoms with Crippen LogP contribution in [0.1, 0.15) is 55.5 Å². The van der Waals surface area contributed by atoms with Gasteiger partial charge in [0.05, 0.1) is 13.2 Å². The molecule has 0 unspecified atom stereocenters. The average Bonchev–Trinajstić information content (AvgIpc) is 2.52. The van der Waals surface area contributed by atoms with E-state index in [0.717, 1.165) is 5.39 Å². The molecule has 0 saturated heterocycles. The Kier molecular flexibility index (Phi) is 5.22. The monoisotopic (exact) mass is 330 g/mol. The van der Waals surface area contributed by atoms with E-state index in [2.05, 4.69) is 0 Å². The van der Waals surface area contributed by atoms with Crippen LogP contribution in [-0.4, -0.2) is 25.2 Å². The van der Waals surface area contributed by atoms with Gasteiger partial charge in [-0.1, -0.05) is 18.2 Å². The molecule has 0 bridgehead atoms. The van der Waals surface area contributed by atoms with E-state index < -0.39 is 17.5 Å². The molecule has 0 aliphatic heterocycles. The van der Waals surface area contributed by atoms with Gasteiger partial charge in [0.1, 0.15) is 5.56 Å². The summed E-state index contributed by atoms with van der Waals surface area (Å²) < 4.78 is 12.2. The highest BCUT2D eigenvalue weighted by Crippen LogP contribution is 2.24. The zero-order chi connectivity index (χ0) is 17.9. The van der Waals surface area contributed by atoms with Gasteiger partial charge in [-0.25, -0.2) is 9.59 Å². The Morgan fingerprint density at radius 2 is 1.58 bits per heavy atom. The normalized spacial score (nSPS) is 11.4.